The first kappa shape index (κ1) is 21.8. The van der Waals surface area contributed by atoms with Gasteiger partial charge in [-0.25, -0.2) is 4.98 Å². The van der Waals surface area contributed by atoms with Crippen LogP contribution in [0.1, 0.15) is 56.7 Å². The van der Waals surface area contributed by atoms with Crippen LogP contribution in [0, 0.1) is 0 Å². The summed E-state index contributed by atoms with van der Waals surface area (Å²) in [5, 5.41) is 0. The van der Waals surface area contributed by atoms with Gasteiger partial charge in [-0.15, -0.1) is 0 Å². The van der Waals surface area contributed by atoms with E-state index in [0.717, 1.165) is 67.1 Å². The molecule has 1 atom stereocenters. The van der Waals surface area contributed by atoms with E-state index in [-0.39, 0.29) is 5.92 Å². The minimum Gasteiger partial charge on any atom is -0.493 e. The van der Waals surface area contributed by atoms with Gasteiger partial charge in [0.15, 0.2) is 11.5 Å². The van der Waals surface area contributed by atoms with Gasteiger partial charge >= 0.3 is 0 Å². The second-order valence-electron chi connectivity index (χ2n) is 9.20. The first-order valence-electron chi connectivity index (χ1n) is 12.2. The molecule has 0 radical (unpaired) electrons. The lowest BCUT2D eigenvalue weighted by Crippen LogP contribution is -2.34. The number of nitrogens with zero attached hydrogens (tertiary/aromatic N) is 3. The topological polar surface area (TPSA) is 56.6 Å². The zero-order valence-corrected chi connectivity index (χ0v) is 19.4. The second kappa shape index (κ2) is 9.86. The zero-order chi connectivity index (χ0) is 22.6. The smallest absolute Gasteiger partial charge is 0.223 e. The fourth-order valence-electron chi connectivity index (χ4n) is 5.41. The van der Waals surface area contributed by atoms with Gasteiger partial charge in [0.25, 0.3) is 0 Å². The number of amides is 1. The van der Waals surface area contributed by atoms with Crippen molar-refractivity contribution in [3.8, 4) is 11.5 Å². The van der Waals surface area contributed by atoms with E-state index >= 15 is 0 Å². The molecule has 6 nitrogen and oxygen atoms in total. The molecule has 0 spiro atoms. The molecule has 2 aliphatic rings. The third-order valence-corrected chi connectivity index (χ3v) is 7.08. The summed E-state index contributed by atoms with van der Waals surface area (Å²) in [6, 6.07) is 16.5. The SMILES string of the molecule is COc1ccccc1OCCCCn1c(C2CC(=O)N(C3CCCC3)C2)nc2ccccc21. The van der Waals surface area contributed by atoms with Crippen molar-refractivity contribution < 1.29 is 14.3 Å². The van der Waals surface area contributed by atoms with E-state index in [1.54, 1.807) is 7.11 Å². The molecule has 5 rings (SSSR count). The molecule has 1 aromatic heterocycles. The number of hydrogen-bond donors (Lipinski definition) is 0. The van der Waals surface area contributed by atoms with Gasteiger partial charge in [-0.2, -0.15) is 0 Å². The van der Waals surface area contributed by atoms with Crippen LogP contribution in [0.2, 0.25) is 0 Å². The Morgan fingerprint density at radius 1 is 1.00 bits per heavy atom. The number of carbonyl (C=O) groups excluding carboxylic acids is 1. The molecule has 1 amide bonds. The average Bonchev–Trinajstić information content (AvgIpc) is 3.58. The quantitative estimate of drug-likeness (QED) is 0.425. The zero-order valence-electron chi connectivity index (χ0n) is 19.4. The van der Waals surface area contributed by atoms with Crippen molar-refractivity contribution in [3.05, 3.63) is 54.4 Å². The van der Waals surface area contributed by atoms with Crippen molar-refractivity contribution in [2.24, 2.45) is 0 Å². The van der Waals surface area contributed by atoms with Crippen molar-refractivity contribution >= 4 is 16.9 Å². The van der Waals surface area contributed by atoms with Gasteiger partial charge in [0.1, 0.15) is 5.82 Å². The molecular formula is C27H33N3O3. The van der Waals surface area contributed by atoms with Crippen LogP contribution >= 0.6 is 0 Å². The number of benzene rings is 2. The minimum atomic E-state index is 0.176. The Hall–Kier alpha value is -3.02. The molecule has 1 aliphatic carbocycles. The van der Waals surface area contributed by atoms with Crippen LogP contribution in [0.4, 0.5) is 0 Å². The fourth-order valence-corrected chi connectivity index (χ4v) is 5.41. The Bertz CT molecular complexity index is 1100. The number of likely N-dealkylation sites (tertiary alicyclic amines) is 1. The summed E-state index contributed by atoms with van der Waals surface area (Å²) in [6.07, 6.45) is 7.29. The number of aryl methyl sites for hydroxylation is 1. The van der Waals surface area contributed by atoms with Crippen molar-refractivity contribution in [3.63, 3.8) is 0 Å². The number of carbonyl (C=O) groups is 1. The molecule has 1 aliphatic heterocycles. The maximum absolute atomic E-state index is 12.8. The van der Waals surface area contributed by atoms with E-state index in [1.807, 2.05) is 30.3 Å². The number of fused-ring (bicyclic) bond motifs is 1. The number of methoxy groups -OCH3 is 1. The van der Waals surface area contributed by atoms with E-state index in [9.17, 15) is 4.79 Å². The number of rotatable bonds is 9. The highest BCUT2D eigenvalue weighted by Crippen LogP contribution is 2.35. The monoisotopic (exact) mass is 447 g/mol. The third kappa shape index (κ3) is 4.56. The number of aromatic nitrogens is 2. The van der Waals surface area contributed by atoms with Crippen LogP contribution < -0.4 is 9.47 Å². The molecule has 33 heavy (non-hydrogen) atoms. The Balaban J connectivity index is 1.26. The number of ether oxygens (including phenoxy) is 2. The maximum atomic E-state index is 12.8. The van der Waals surface area contributed by atoms with Gasteiger partial charge in [0, 0.05) is 31.5 Å². The molecule has 3 aromatic rings. The highest BCUT2D eigenvalue weighted by molar-refractivity contribution is 5.81. The molecule has 1 saturated carbocycles. The van der Waals surface area contributed by atoms with Gasteiger partial charge in [-0.3, -0.25) is 4.79 Å². The van der Waals surface area contributed by atoms with Gasteiger partial charge < -0.3 is 18.9 Å². The van der Waals surface area contributed by atoms with Gasteiger partial charge in [-0.05, 0) is 49.9 Å². The molecule has 2 heterocycles. The van der Waals surface area contributed by atoms with Crippen LogP contribution in [-0.4, -0.2) is 46.7 Å². The molecule has 0 N–H and O–H groups in total. The Labute approximate surface area is 195 Å². The van der Waals surface area contributed by atoms with Crippen LogP contribution in [0.25, 0.3) is 11.0 Å². The van der Waals surface area contributed by atoms with Crippen LogP contribution in [0.3, 0.4) is 0 Å². The van der Waals surface area contributed by atoms with E-state index in [2.05, 4.69) is 27.7 Å². The van der Waals surface area contributed by atoms with Crippen molar-refractivity contribution in [2.45, 2.75) is 63.5 Å². The summed E-state index contributed by atoms with van der Waals surface area (Å²) in [5.74, 6) is 3.09. The first-order valence-corrected chi connectivity index (χ1v) is 12.2. The summed E-state index contributed by atoms with van der Waals surface area (Å²) in [5.41, 5.74) is 2.18. The highest BCUT2D eigenvalue weighted by Gasteiger charge is 2.38. The summed E-state index contributed by atoms with van der Waals surface area (Å²) < 4.78 is 13.7. The van der Waals surface area contributed by atoms with E-state index < -0.39 is 0 Å². The first-order chi connectivity index (χ1) is 16.2. The van der Waals surface area contributed by atoms with Crippen molar-refractivity contribution in [1.82, 2.24) is 14.5 Å². The van der Waals surface area contributed by atoms with Crippen LogP contribution in [-0.2, 0) is 11.3 Å². The third-order valence-electron chi connectivity index (χ3n) is 7.08. The lowest BCUT2D eigenvalue weighted by atomic mass is 10.1. The lowest BCUT2D eigenvalue weighted by Gasteiger charge is -2.24. The Kier molecular flexibility index (Phi) is 6.51. The predicted octanol–water partition coefficient (Wildman–Crippen LogP) is 5.16. The molecule has 2 aromatic carbocycles. The standard InChI is InChI=1S/C27H33N3O3/c1-32-24-14-6-7-15-25(24)33-17-9-8-16-29-23-13-5-4-12-22(23)28-27(29)20-18-26(31)30(19-20)21-10-2-3-11-21/h4-7,12-15,20-21H,2-3,8-11,16-19H2,1H3. The van der Waals surface area contributed by atoms with Crippen molar-refractivity contribution in [2.75, 3.05) is 20.3 Å². The molecule has 1 saturated heterocycles. The molecular weight excluding hydrogens is 414 g/mol. The van der Waals surface area contributed by atoms with E-state index in [1.165, 1.54) is 12.8 Å². The second-order valence-corrected chi connectivity index (χ2v) is 9.20. The molecule has 2 fully saturated rings. The number of imidazole rings is 1. The largest absolute Gasteiger partial charge is 0.493 e. The van der Waals surface area contributed by atoms with Gasteiger partial charge in [-0.1, -0.05) is 37.1 Å². The van der Waals surface area contributed by atoms with E-state index in [4.69, 9.17) is 14.5 Å². The number of hydrogen-bond acceptors (Lipinski definition) is 4. The summed E-state index contributed by atoms with van der Waals surface area (Å²) in [6.45, 7) is 2.32. The molecule has 0 bridgehead atoms. The average molecular weight is 448 g/mol. The summed E-state index contributed by atoms with van der Waals surface area (Å²) >= 11 is 0. The van der Waals surface area contributed by atoms with Crippen LogP contribution in [0.5, 0.6) is 11.5 Å². The van der Waals surface area contributed by atoms with E-state index in [0.29, 0.717) is 25.0 Å². The normalized spacial score (nSPS) is 19.0. The van der Waals surface area contributed by atoms with Crippen molar-refractivity contribution in [1.29, 1.82) is 0 Å². The minimum absolute atomic E-state index is 0.176. The summed E-state index contributed by atoms with van der Waals surface area (Å²) in [7, 11) is 1.66. The molecule has 174 valence electrons. The highest BCUT2D eigenvalue weighted by atomic mass is 16.5. The van der Waals surface area contributed by atoms with Gasteiger partial charge in [0.2, 0.25) is 5.91 Å². The summed E-state index contributed by atoms with van der Waals surface area (Å²) in [4.78, 5) is 20.0. The maximum Gasteiger partial charge on any atom is 0.223 e. The Morgan fingerprint density at radius 3 is 2.58 bits per heavy atom. The van der Waals surface area contributed by atoms with Crippen LogP contribution in [0.15, 0.2) is 48.5 Å². The number of unbranched alkanes of at least 4 members (excludes halogenated alkanes) is 1. The number of para-hydroxylation sites is 4. The Morgan fingerprint density at radius 2 is 1.76 bits per heavy atom. The fraction of sp³-hybridized carbons (Fsp3) is 0.481. The van der Waals surface area contributed by atoms with Gasteiger partial charge in [0.05, 0.1) is 24.8 Å². The lowest BCUT2D eigenvalue weighted by molar-refractivity contribution is -0.129. The molecule has 1 unspecified atom stereocenters. The molecule has 6 heteroatoms. The predicted molar refractivity (Wildman–Crippen MR) is 129 cm³/mol.